The third-order valence-electron chi connectivity index (χ3n) is 4.50. The van der Waals surface area contributed by atoms with Crippen LogP contribution in [0.5, 0.6) is 17.4 Å². The summed E-state index contributed by atoms with van der Waals surface area (Å²) in [5, 5.41) is 0.611. The lowest BCUT2D eigenvalue weighted by molar-refractivity contribution is -0.153. The molecule has 1 aromatic heterocycles. The Morgan fingerprint density at radius 1 is 1.09 bits per heavy atom. The second kappa shape index (κ2) is 9.65. The fourth-order valence-electron chi connectivity index (χ4n) is 2.91. The Balaban J connectivity index is 1.84. The van der Waals surface area contributed by atoms with Crippen molar-refractivity contribution in [2.24, 2.45) is 5.92 Å². The van der Waals surface area contributed by atoms with Gasteiger partial charge in [0, 0.05) is 23.4 Å². The van der Waals surface area contributed by atoms with E-state index in [-0.39, 0.29) is 29.2 Å². The molecule has 2 aromatic carbocycles. The van der Waals surface area contributed by atoms with Crippen molar-refractivity contribution < 1.29 is 32.2 Å². The minimum Gasteiger partial charge on any atom is -0.463 e. The van der Waals surface area contributed by atoms with Gasteiger partial charge in [-0.2, -0.15) is 13.2 Å². The second-order valence-corrected chi connectivity index (χ2v) is 7.69. The summed E-state index contributed by atoms with van der Waals surface area (Å²) in [6.07, 6.45) is -5.31. The Bertz CT molecular complexity index is 1120. The van der Waals surface area contributed by atoms with Crippen molar-refractivity contribution in [2.45, 2.75) is 33.1 Å². The van der Waals surface area contributed by atoms with E-state index in [2.05, 4.69) is 4.98 Å². The van der Waals surface area contributed by atoms with Crippen LogP contribution in [-0.4, -0.2) is 23.7 Å². The van der Waals surface area contributed by atoms with Crippen molar-refractivity contribution in [1.29, 1.82) is 0 Å². The lowest BCUT2D eigenvalue weighted by Gasteiger charge is -2.20. The van der Waals surface area contributed by atoms with E-state index in [1.165, 1.54) is 0 Å². The van der Waals surface area contributed by atoms with Gasteiger partial charge >= 0.3 is 12.1 Å². The first kappa shape index (κ1) is 23.7. The van der Waals surface area contributed by atoms with Gasteiger partial charge in [0.15, 0.2) is 6.10 Å². The molecule has 1 heterocycles. The molecule has 3 aromatic rings. The first-order valence-electron chi connectivity index (χ1n) is 9.87. The summed E-state index contributed by atoms with van der Waals surface area (Å²) in [5.74, 6) is 0.0265. The fraction of sp³-hybridized carbons (Fsp3) is 0.304. The summed E-state index contributed by atoms with van der Waals surface area (Å²) in [6, 6.07) is 11.3. The van der Waals surface area contributed by atoms with E-state index >= 15 is 0 Å². The number of aromatic nitrogens is 1. The summed E-state index contributed by atoms with van der Waals surface area (Å²) in [7, 11) is 0. The highest BCUT2D eigenvalue weighted by molar-refractivity contribution is 6.32. The molecule has 32 heavy (non-hydrogen) atoms. The van der Waals surface area contributed by atoms with E-state index in [0.717, 1.165) is 23.6 Å². The quantitative estimate of drug-likeness (QED) is 0.363. The molecule has 0 aliphatic heterocycles. The Morgan fingerprint density at radius 3 is 2.44 bits per heavy atom. The highest BCUT2D eigenvalue weighted by Gasteiger charge is 2.31. The molecule has 1 atom stereocenters. The van der Waals surface area contributed by atoms with Crippen molar-refractivity contribution in [2.75, 3.05) is 6.61 Å². The Labute approximate surface area is 188 Å². The number of alkyl halides is 3. The first-order valence-corrected chi connectivity index (χ1v) is 10.2. The van der Waals surface area contributed by atoms with Crippen molar-refractivity contribution >= 4 is 28.5 Å². The first-order chi connectivity index (χ1) is 15.1. The number of nitrogens with zero attached hydrogens (tertiary/aromatic N) is 1. The number of rotatable bonds is 7. The molecule has 0 saturated heterocycles. The average molecular weight is 468 g/mol. The smallest absolute Gasteiger partial charge is 0.416 e. The number of pyridine rings is 1. The van der Waals surface area contributed by atoms with E-state index in [9.17, 15) is 18.0 Å². The fourth-order valence-corrected chi connectivity index (χ4v) is 3.12. The Kier molecular flexibility index (Phi) is 7.13. The van der Waals surface area contributed by atoms with Crippen LogP contribution in [0, 0.1) is 5.92 Å². The Morgan fingerprint density at radius 2 is 1.81 bits per heavy atom. The van der Waals surface area contributed by atoms with Crippen LogP contribution in [0.2, 0.25) is 5.02 Å². The molecule has 3 rings (SSSR count). The minimum absolute atomic E-state index is 0.0774. The molecule has 0 aliphatic carbocycles. The predicted octanol–water partition coefficient (Wildman–Crippen LogP) is 6.67. The molecule has 5 nitrogen and oxygen atoms in total. The molecule has 0 aliphatic rings. The maximum atomic E-state index is 12.8. The average Bonchev–Trinajstić information content (AvgIpc) is 2.72. The topological polar surface area (TPSA) is 57.7 Å². The van der Waals surface area contributed by atoms with Crippen LogP contribution in [0.15, 0.2) is 48.5 Å². The highest BCUT2D eigenvalue weighted by atomic mass is 35.5. The number of halogens is 4. The number of carbonyl (C=O) groups is 1. The van der Waals surface area contributed by atoms with E-state index in [0.29, 0.717) is 11.3 Å². The maximum Gasteiger partial charge on any atom is 0.416 e. The number of ether oxygens (including phenoxy) is 3. The minimum atomic E-state index is -4.50. The lowest BCUT2D eigenvalue weighted by Crippen LogP contribution is -2.34. The molecule has 1 unspecified atom stereocenters. The molecule has 0 amide bonds. The van der Waals surface area contributed by atoms with Gasteiger partial charge in [-0.3, -0.25) is 0 Å². The highest BCUT2D eigenvalue weighted by Crippen LogP contribution is 2.37. The molecule has 9 heteroatoms. The molecule has 0 radical (unpaired) electrons. The van der Waals surface area contributed by atoms with E-state index < -0.39 is 23.8 Å². The predicted molar refractivity (Wildman–Crippen MR) is 114 cm³/mol. The molecule has 0 fully saturated rings. The largest absolute Gasteiger partial charge is 0.463 e. The molecule has 0 N–H and O–H groups in total. The third-order valence-corrected chi connectivity index (χ3v) is 4.79. The lowest BCUT2D eigenvalue weighted by atomic mass is 10.1. The van der Waals surface area contributed by atoms with E-state index in [1.807, 2.05) is 13.8 Å². The van der Waals surface area contributed by atoms with Gasteiger partial charge in [0.25, 0.3) is 0 Å². The van der Waals surface area contributed by atoms with Gasteiger partial charge in [-0.15, -0.1) is 0 Å². The monoisotopic (exact) mass is 467 g/mol. The SMILES string of the molecule is CCOC(=O)C(Oc1ccc2ccc(Oc3ccc(C(F)(F)F)cc3Cl)cc2n1)C(C)C. The van der Waals surface area contributed by atoms with Gasteiger partial charge in [0.1, 0.15) is 11.5 Å². The third kappa shape index (κ3) is 5.62. The number of esters is 1. The number of hydrogen-bond acceptors (Lipinski definition) is 5. The van der Waals surface area contributed by atoms with Crippen molar-refractivity contribution in [3.8, 4) is 17.4 Å². The number of fused-ring (bicyclic) bond motifs is 1. The molecule has 170 valence electrons. The summed E-state index contributed by atoms with van der Waals surface area (Å²) in [4.78, 5) is 16.6. The van der Waals surface area contributed by atoms with Gasteiger partial charge in [-0.25, -0.2) is 9.78 Å². The maximum absolute atomic E-state index is 12.8. The van der Waals surface area contributed by atoms with Crippen molar-refractivity contribution in [1.82, 2.24) is 4.98 Å². The molecular weight excluding hydrogens is 447 g/mol. The summed E-state index contributed by atoms with van der Waals surface area (Å²) >= 11 is 5.97. The Hall–Kier alpha value is -3.00. The molecule has 0 spiro atoms. The zero-order chi connectivity index (χ0) is 23.5. The van der Waals surface area contributed by atoms with Crippen LogP contribution in [-0.2, 0) is 15.7 Å². The normalized spacial score (nSPS) is 12.6. The summed E-state index contributed by atoms with van der Waals surface area (Å²) in [5.41, 5.74) is -0.354. The van der Waals surface area contributed by atoms with Crippen LogP contribution >= 0.6 is 11.6 Å². The second-order valence-electron chi connectivity index (χ2n) is 7.28. The van der Waals surface area contributed by atoms with Crippen LogP contribution in [0.3, 0.4) is 0 Å². The zero-order valence-corrected chi connectivity index (χ0v) is 18.3. The number of benzene rings is 2. The van der Waals surface area contributed by atoms with Gasteiger partial charge in [0.2, 0.25) is 5.88 Å². The van der Waals surface area contributed by atoms with Gasteiger partial charge < -0.3 is 14.2 Å². The van der Waals surface area contributed by atoms with Gasteiger partial charge in [0.05, 0.1) is 22.7 Å². The van der Waals surface area contributed by atoms with Crippen LogP contribution in [0.4, 0.5) is 13.2 Å². The van der Waals surface area contributed by atoms with Crippen LogP contribution in [0.1, 0.15) is 26.3 Å². The van der Waals surface area contributed by atoms with Gasteiger partial charge in [-0.05, 0) is 43.3 Å². The number of hydrogen-bond donors (Lipinski definition) is 0. The van der Waals surface area contributed by atoms with Crippen LogP contribution < -0.4 is 9.47 Å². The molecule has 0 saturated carbocycles. The molecular formula is C23H21ClF3NO4. The summed E-state index contributed by atoms with van der Waals surface area (Å²) < 4.78 is 55.0. The van der Waals surface area contributed by atoms with Crippen LogP contribution in [0.25, 0.3) is 10.9 Å². The summed E-state index contributed by atoms with van der Waals surface area (Å²) in [6.45, 7) is 5.63. The molecule has 0 bridgehead atoms. The van der Waals surface area contributed by atoms with E-state index in [1.54, 1.807) is 37.3 Å². The standard InChI is InChI=1S/C23H21ClF3NO4/c1-4-30-22(29)21(13(2)3)32-20-10-6-14-5-8-16(12-18(14)28-20)31-19-9-7-15(11-17(19)24)23(25,26)27/h5-13,21H,4H2,1-3H3. The van der Waals surface area contributed by atoms with Gasteiger partial charge in [-0.1, -0.05) is 25.4 Å². The van der Waals surface area contributed by atoms with Crippen molar-refractivity contribution in [3.05, 3.63) is 59.1 Å². The van der Waals surface area contributed by atoms with Crippen molar-refractivity contribution in [3.63, 3.8) is 0 Å². The zero-order valence-electron chi connectivity index (χ0n) is 17.6. The number of carbonyl (C=O) groups excluding carboxylic acids is 1. The van der Waals surface area contributed by atoms with E-state index in [4.69, 9.17) is 25.8 Å².